The number of hydrogen-bond acceptors (Lipinski definition) is 3. The van der Waals surface area contributed by atoms with Gasteiger partial charge >= 0.3 is 0 Å². The Bertz CT molecular complexity index is 1450. The largest absolute Gasteiger partial charge is 0.488 e. The normalized spacial score (nSPS) is 11.2. The average Bonchev–Trinajstić information content (AvgIpc) is 2.84. The maximum absolute atomic E-state index is 13.0. The van der Waals surface area contributed by atoms with Crippen LogP contribution >= 0.6 is 15.9 Å². The maximum Gasteiger partial charge on any atom is 0.266 e. The van der Waals surface area contributed by atoms with Crippen molar-refractivity contribution in [3.8, 4) is 11.8 Å². The van der Waals surface area contributed by atoms with Crippen molar-refractivity contribution >= 4 is 44.4 Å². The van der Waals surface area contributed by atoms with E-state index in [0.717, 1.165) is 31.9 Å². The number of nitrogens with one attached hydrogen (secondary N) is 1. The van der Waals surface area contributed by atoms with Crippen molar-refractivity contribution in [3.05, 3.63) is 111 Å². The lowest BCUT2D eigenvalue weighted by Gasteiger charge is -2.14. The van der Waals surface area contributed by atoms with Crippen molar-refractivity contribution in [2.45, 2.75) is 20.5 Å². The smallest absolute Gasteiger partial charge is 0.266 e. The first-order valence-electron chi connectivity index (χ1n) is 10.8. The SMILES string of the molecule is Cc1ccc(NC(=O)/C(C#N)=C/c2c(OCc3ccccc3Br)ccc3ccccc23)c(C)c1. The third-order valence-corrected chi connectivity index (χ3v) is 6.33. The van der Waals surface area contributed by atoms with E-state index in [1.54, 1.807) is 6.08 Å². The highest BCUT2D eigenvalue weighted by Crippen LogP contribution is 2.32. The number of ether oxygens (including phenoxy) is 1. The van der Waals surface area contributed by atoms with Gasteiger partial charge in [0.2, 0.25) is 0 Å². The summed E-state index contributed by atoms with van der Waals surface area (Å²) in [5.41, 5.74) is 4.42. The topological polar surface area (TPSA) is 62.1 Å². The van der Waals surface area contributed by atoms with E-state index in [9.17, 15) is 10.1 Å². The zero-order valence-corrected chi connectivity index (χ0v) is 20.5. The number of halogens is 1. The Morgan fingerprint density at radius 3 is 2.56 bits per heavy atom. The second-order valence-corrected chi connectivity index (χ2v) is 8.88. The molecular formula is C29H23BrN2O2. The number of nitrogens with zero attached hydrogens (tertiary/aromatic N) is 1. The number of carbonyl (C=O) groups is 1. The highest BCUT2D eigenvalue weighted by atomic mass is 79.9. The van der Waals surface area contributed by atoms with Gasteiger partial charge in [-0.1, -0.05) is 82.2 Å². The number of aryl methyl sites for hydroxylation is 2. The summed E-state index contributed by atoms with van der Waals surface area (Å²) in [4.78, 5) is 13.0. The zero-order chi connectivity index (χ0) is 24.1. The summed E-state index contributed by atoms with van der Waals surface area (Å²) in [6, 6.07) is 27.4. The second kappa shape index (κ2) is 10.4. The second-order valence-electron chi connectivity index (χ2n) is 8.02. The molecule has 34 heavy (non-hydrogen) atoms. The van der Waals surface area contributed by atoms with E-state index >= 15 is 0 Å². The van der Waals surface area contributed by atoms with Gasteiger partial charge in [-0.25, -0.2) is 0 Å². The predicted molar refractivity (Wildman–Crippen MR) is 141 cm³/mol. The Morgan fingerprint density at radius 2 is 1.79 bits per heavy atom. The van der Waals surface area contributed by atoms with Crippen LogP contribution in [0.25, 0.3) is 16.8 Å². The first kappa shape index (κ1) is 23.3. The van der Waals surface area contributed by atoms with Crippen LogP contribution in [0.5, 0.6) is 5.75 Å². The van der Waals surface area contributed by atoms with E-state index in [-0.39, 0.29) is 5.57 Å². The number of rotatable bonds is 6. The minimum absolute atomic E-state index is 0.00192. The Kier molecular flexibility index (Phi) is 7.10. The molecule has 0 unspecified atom stereocenters. The van der Waals surface area contributed by atoms with Crippen LogP contribution < -0.4 is 10.1 Å². The number of anilines is 1. The van der Waals surface area contributed by atoms with E-state index in [4.69, 9.17) is 4.74 Å². The highest BCUT2D eigenvalue weighted by molar-refractivity contribution is 9.10. The number of hydrogen-bond donors (Lipinski definition) is 1. The van der Waals surface area contributed by atoms with Crippen LogP contribution in [0.3, 0.4) is 0 Å². The molecule has 0 saturated carbocycles. The van der Waals surface area contributed by atoms with Crippen LogP contribution in [0.4, 0.5) is 5.69 Å². The summed E-state index contributed by atoms with van der Waals surface area (Å²) in [6.45, 7) is 4.27. The molecule has 0 heterocycles. The van der Waals surface area contributed by atoms with E-state index in [1.807, 2.05) is 92.7 Å². The molecule has 168 valence electrons. The molecule has 4 nitrogen and oxygen atoms in total. The molecule has 1 amide bonds. The van der Waals surface area contributed by atoms with Gasteiger partial charge in [0.15, 0.2) is 0 Å². The molecule has 0 spiro atoms. The molecule has 4 rings (SSSR count). The van der Waals surface area contributed by atoms with Crippen LogP contribution in [-0.4, -0.2) is 5.91 Å². The Labute approximate surface area is 207 Å². The quantitative estimate of drug-likeness (QED) is 0.218. The molecule has 0 aliphatic rings. The maximum atomic E-state index is 13.0. The standard InChI is InChI=1S/C29H23BrN2O2/c1-19-11-13-27(20(2)15-19)32-29(33)23(17-31)16-25-24-9-5-3-7-21(24)12-14-28(25)34-18-22-8-4-6-10-26(22)30/h3-16H,18H2,1-2H3,(H,32,33)/b23-16+. The van der Waals surface area contributed by atoms with Gasteiger partial charge < -0.3 is 10.1 Å². The summed E-state index contributed by atoms with van der Waals surface area (Å²) >= 11 is 3.55. The Balaban J connectivity index is 1.71. The molecule has 0 aliphatic carbocycles. The summed E-state index contributed by atoms with van der Waals surface area (Å²) in [5, 5.41) is 14.6. The number of benzene rings is 4. The fourth-order valence-electron chi connectivity index (χ4n) is 3.76. The molecule has 5 heteroatoms. The number of carbonyl (C=O) groups excluding carboxylic acids is 1. The molecular weight excluding hydrogens is 488 g/mol. The van der Waals surface area contributed by atoms with Crippen molar-refractivity contribution in [1.82, 2.24) is 0 Å². The van der Waals surface area contributed by atoms with Gasteiger partial charge in [-0.05, 0) is 54.5 Å². The summed E-state index contributed by atoms with van der Waals surface area (Å²) in [7, 11) is 0. The molecule has 0 aliphatic heterocycles. The molecule has 1 N–H and O–H groups in total. The third kappa shape index (κ3) is 5.19. The lowest BCUT2D eigenvalue weighted by molar-refractivity contribution is -0.112. The van der Waals surface area contributed by atoms with Crippen molar-refractivity contribution in [2.75, 3.05) is 5.32 Å². The summed E-state index contributed by atoms with van der Waals surface area (Å²) < 4.78 is 7.13. The molecule has 0 aromatic heterocycles. The third-order valence-electron chi connectivity index (χ3n) is 5.56. The summed E-state index contributed by atoms with van der Waals surface area (Å²) in [6.07, 6.45) is 1.61. The van der Waals surface area contributed by atoms with Crippen molar-refractivity contribution in [3.63, 3.8) is 0 Å². The van der Waals surface area contributed by atoms with Crippen molar-refractivity contribution in [1.29, 1.82) is 5.26 Å². The number of amides is 1. The first-order chi connectivity index (χ1) is 16.5. The van der Waals surface area contributed by atoms with Crippen LogP contribution in [0.1, 0.15) is 22.3 Å². The summed E-state index contributed by atoms with van der Waals surface area (Å²) in [5.74, 6) is 0.140. The van der Waals surface area contributed by atoms with E-state index in [2.05, 4.69) is 27.3 Å². The van der Waals surface area contributed by atoms with E-state index in [0.29, 0.717) is 23.6 Å². The molecule has 0 saturated heterocycles. The molecule has 0 fully saturated rings. The van der Waals surface area contributed by atoms with Gasteiger partial charge in [0.05, 0.1) is 0 Å². The van der Waals surface area contributed by atoms with Crippen molar-refractivity contribution < 1.29 is 9.53 Å². The van der Waals surface area contributed by atoms with Gasteiger partial charge in [-0.3, -0.25) is 4.79 Å². The van der Waals surface area contributed by atoms with Crippen LogP contribution in [0.2, 0.25) is 0 Å². The molecule has 0 bridgehead atoms. The predicted octanol–water partition coefficient (Wildman–Crippen LogP) is 7.34. The highest BCUT2D eigenvalue weighted by Gasteiger charge is 2.15. The zero-order valence-electron chi connectivity index (χ0n) is 18.9. The Hall–Kier alpha value is -3.88. The number of fused-ring (bicyclic) bond motifs is 1. The lowest BCUT2D eigenvalue weighted by Crippen LogP contribution is -2.14. The molecule has 0 radical (unpaired) electrons. The minimum atomic E-state index is -0.459. The van der Waals surface area contributed by atoms with Crippen LogP contribution in [0.15, 0.2) is 88.9 Å². The average molecular weight is 511 g/mol. The van der Waals surface area contributed by atoms with Gasteiger partial charge in [0.25, 0.3) is 5.91 Å². The fourth-order valence-corrected chi connectivity index (χ4v) is 4.16. The minimum Gasteiger partial charge on any atom is -0.488 e. The number of nitriles is 1. The fraction of sp³-hybridized carbons (Fsp3) is 0.103. The Morgan fingerprint density at radius 1 is 1.03 bits per heavy atom. The van der Waals surface area contributed by atoms with Gasteiger partial charge in [0, 0.05) is 21.3 Å². The van der Waals surface area contributed by atoms with Gasteiger partial charge in [-0.2, -0.15) is 5.26 Å². The molecule has 0 atom stereocenters. The monoisotopic (exact) mass is 510 g/mol. The van der Waals surface area contributed by atoms with E-state index < -0.39 is 5.91 Å². The van der Waals surface area contributed by atoms with Gasteiger partial charge in [0.1, 0.15) is 24.0 Å². The molecule has 4 aromatic carbocycles. The first-order valence-corrected chi connectivity index (χ1v) is 11.6. The molecule has 4 aromatic rings. The van der Waals surface area contributed by atoms with Gasteiger partial charge in [-0.15, -0.1) is 0 Å². The van der Waals surface area contributed by atoms with Crippen LogP contribution in [0, 0.1) is 25.2 Å². The van der Waals surface area contributed by atoms with Crippen LogP contribution in [-0.2, 0) is 11.4 Å². The van der Waals surface area contributed by atoms with Crippen molar-refractivity contribution in [2.24, 2.45) is 0 Å². The lowest BCUT2D eigenvalue weighted by atomic mass is 10.0. The van der Waals surface area contributed by atoms with E-state index in [1.165, 1.54) is 0 Å².